The number of nitrogens with one attached hydrogen (secondary N) is 1. The first-order chi connectivity index (χ1) is 10.5. The molecule has 118 valence electrons. The highest BCUT2D eigenvalue weighted by Crippen LogP contribution is 2.33. The van der Waals surface area contributed by atoms with Crippen LogP contribution in [0, 0.1) is 11.8 Å². The summed E-state index contributed by atoms with van der Waals surface area (Å²) in [6.07, 6.45) is 1.65. The number of amides is 1. The number of hydrogen-bond donors (Lipinski definition) is 1. The van der Waals surface area contributed by atoms with Gasteiger partial charge < -0.3 is 15.2 Å². The molecule has 0 saturated carbocycles. The van der Waals surface area contributed by atoms with E-state index in [0.29, 0.717) is 19.4 Å². The summed E-state index contributed by atoms with van der Waals surface area (Å²) in [5, 5.41) is 14.2. The minimum absolute atomic E-state index is 0.183. The van der Waals surface area contributed by atoms with Crippen molar-refractivity contribution in [3.05, 3.63) is 47.0 Å². The second-order valence-corrected chi connectivity index (χ2v) is 6.03. The van der Waals surface area contributed by atoms with Crippen molar-refractivity contribution in [2.24, 2.45) is 11.8 Å². The van der Waals surface area contributed by atoms with Crippen LogP contribution in [0.3, 0.4) is 0 Å². The second-order valence-electron chi connectivity index (χ2n) is 6.03. The summed E-state index contributed by atoms with van der Waals surface area (Å²) in [6.45, 7) is 4.40. The monoisotopic (exact) mass is 300 g/mol. The van der Waals surface area contributed by atoms with Gasteiger partial charge in [0.1, 0.15) is 0 Å². The summed E-state index contributed by atoms with van der Waals surface area (Å²) in [5.74, 6) is -2.56. The molecule has 1 aliphatic rings. The summed E-state index contributed by atoms with van der Waals surface area (Å²) in [5.41, 5.74) is 3.32. The van der Waals surface area contributed by atoms with Crippen LogP contribution < -0.4 is 10.4 Å². The van der Waals surface area contributed by atoms with Gasteiger partial charge in [0.15, 0.2) is 0 Å². The lowest BCUT2D eigenvalue weighted by molar-refractivity contribution is -0.313. The molecule has 4 heteroatoms. The molecule has 4 nitrogen and oxygen atoms in total. The van der Waals surface area contributed by atoms with Gasteiger partial charge >= 0.3 is 0 Å². The molecule has 0 unspecified atom stereocenters. The van der Waals surface area contributed by atoms with Crippen molar-refractivity contribution >= 4 is 11.9 Å². The third kappa shape index (κ3) is 3.97. The fraction of sp³-hybridized carbons (Fsp3) is 0.444. The van der Waals surface area contributed by atoms with Gasteiger partial charge in [-0.25, -0.2) is 0 Å². The Balaban J connectivity index is 1.94. The average molecular weight is 300 g/mol. The summed E-state index contributed by atoms with van der Waals surface area (Å²) in [6, 6.07) is 9.88. The fourth-order valence-electron chi connectivity index (χ4n) is 2.92. The molecule has 1 aliphatic carbocycles. The number of rotatable bonds is 5. The van der Waals surface area contributed by atoms with Crippen molar-refractivity contribution in [2.45, 2.75) is 33.1 Å². The Morgan fingerprint density at radius 1 is 1.09 bits per heavy atom. The van der Waals surface area contributed by atoms with E-state index >= 15 is 0 Å². The number of benzene rings is 1. The molecule has 0 heterocycles. The van der Waals surface area contributed by atoms with Gasteiger partial charge in [-0.15, -0.1) is 0 Å². The number of carboxylic acid groups (broad SMARTS) is 1. The standard InChI is InChI=1S/C18H23NO3/c1-12-10-15(16(18(21)22)11-13(12)2)17(20)19-9-8-14-6-4-3-5-7-14/h3-7,15-16H,8-11H2,1-2H3,(H,19,20)(H,21,22)/p-1/t15-,16-/m1/s1. The van der Waals surface area contributed by atoms with Gasteiger partial charge in [0.25, 0.3) is 0 Å². The molecular weight excluding hydrogens is 278 g/mol. The maximum absolute atomic E-state index is 12.3. The molecule has 1 aromatic carbocycles. The van der Waals surface area contributed by atoms with Crippen molar-refractivity contribution < 1.29 is 14.7 Å². The SMILES string of the molecule is CC1=C(C)C[C@@H](C(=O)NCCc2ccccc2)[C@H](C(=O)[O-])C1. The summed E-state index contributed by atoms with van der Waals surface area (Å²) >= 11 is 0. The summed E-state index contributed by atoms with van der Waals surface area (Å²) in [7, 11) is 0. The van der Waals surface area contributed by atoms with Crippen molar-refractivity contribution in [1.82, 2.24) is 5.32 Å². The van der Waals surface area contributed by atoms with Gasteiger partial charge in [-0.1, -0.05) is 41.5 Å². The third-order valence-electron chi connectivity index (χ3n) is 4.46. The molecule has 1 N–H and O–H groups in total. The fourth-order valence-corrected chi connectivity index (χ4v) is 2.92. The molecule has 0 fully saturated rings. The second kappa shape index (κ2) is 7.25. The molecule has 0 bridgehead atoms. The first kappa shape index (κ1) is 16.3. The Labute approximate surface area is 131 Å². The lowest BCUT2D eigenvalue weighted by Gasteiger charge is -2.32. The van der Waals surface area contributed by atoms with Gasteiger partial charge in [0, 0.05) is 24.3 Å². The van der Waals surface area contributed by atoms with Crippen LogP contribution >= 0.6 is 0 Å². The van der Waals surface area contributed by atoms with E-state index in [9.17, 15) is 14.7 Å². The highest BCUT2D eigenvalue weighted by molar-refractivity contribution is 5.85. The molecule has 0 aliphatic heterocycles. The zero-order valence-corrected chi connectivity index (χ0v) is 13.1. The number of carbonyl (C=O) groups is 2. The van der Waals surface area contributed by atoms with Crippen LogP contribution in [0.1, 0.15) is 32.3 Å². The van der Waals surface area contributed by atoms with Crippen LogP contribution in [-0.2, 0) is 16.0 Å². The molecule has 0 aromatic heterocycles. The van der Waals surface area contributed by atoms with Crippen molar-refractivity contribution in [3.8, 4) is 0 Å². The van der Waals surface area contributed by atoms with E-state index in [1.54, 1.807) is 0 Å². The third-order valence-corrected chi connectivity index (χ3v) is 4.46. The van der Waals surface area contributed by atoms with E-state index in [1.165, 1.54) is 0 Å². The maximum atomic E-state index is 12.3. The Bertz CT molecular complexity index is 577. The Morgan fingerprint density at radius 2 is 1.68 bits per heavy atom. The first-order valence-corrected chi connectivity index (χ1v) is 7.66. The topological polar surface area (TPSA) is 69.2 Å². The van der Waals surface area contributed by atoms with Gasteiger partial charge in [-0.2, -0.15) is 0 Å². The number of hydrogen-bond acceptors (Lipinski definition) is 3. The van der Waals surface area contributed by atoms with E-state index in [4.69, 9.17) is 0 Å². The van der Waals surface area contributed by atoms with Crippen LogP contribution in [-0.4, -0.2) is 18.4 Å². The van der Waals surface area contributed by atoms with Crippen molar-refractivity contribution in [2.75, 3.05) is 6.54 Å². The molecule has 1 aromatic rings. The maximum Gasteiger partial charge on any atom is 0.224 e. The molecule has 2 rings (SSSR count). The Morgan fingerprint density at radius 3 is 2.27 bits per heavy atom. The highest BCUT2D eigenvalue weighted by Gasteiger charge is 2.33. The molecule has 1 amide bonds. The Kier molecular flexibility index (Phi) is 5.36. The molecule has 0 saturated heterocycles. The molecule has 0 spiro atoms. The number of allylic oxidation sites excluding steroid dienone is 2. The number of carbonyl (C=O) groups excluding carboxylic acids is 2. The van der Waals surface area contributed by atoms with Crippen molar-refractivity contribution in [3.63, 3.8) is 0 Å². The lowest BCUT2D eigenvalue weighted by atomic mass is 9.76. The van der Waals surface area contributed by atoms with E-state index in [2.05, 4.69) is 5.32 Å². The van der Waals surface area contributed by atoms with Gasteiger partial charge in [-0.3, -0.25) is 4.79 Å². The molecule has 2 atom stereocenters. The minimum Gasteiger partial charge on any atom is -0.550 e. The average Bonchev–Trinajstić information content (AvgIpc) is 2.50. The van der Waals surface area contributed by atoms with Gasteiger partial charge in [0.05, 0.1) is 0 Å². The zero-order chi connectivity index (χ0) is 16.1. The predicted octanol–water partition coefficient (Wildman–Crippen LogP) is 1.46. The van der Waals surface area contributed by atoms with Crippen molar-refractivity contribution in [1.29, 1.82) is 0 Å². The van der Waals surface area contributed by atoms with Crippen LogP contribution in [0.15, 0.2) is 41.5 Å². The minimum atomic E-state index is -1.13. The zero-order valence-electron chi connectivity index (χ0n) is 13.1. The van der Waals surface area contributed by atoms with E-state index in [1.807, 2.05) is 44.2 Å². The quantitative estimate of drug-likeness (QED) is 0.837. The smallest absolute Gasteiger partial charge is 0.224 e. The van der Waals surface area contributed by atoms with Crippen LogP contribution in [0.2, 0.25) is 0 Å². The van der Waals surface area contributed by atoms with Gasteiger partial charge in [-0.05, 0) is 38.7 Å². The first-order valence-electron chi connectivity index (χ1n) is 7.66. The highest BCUT2D eigenvalue weighted by atomic mass is 16.4. The number of carboxylic acids is 1. The molecule has 0 radical (unpaired) electrons. The van der Waals surface area contributed by atoms with E-state index in [0.717, 1.165) is 23.1 Å². The summed E-state index contributed by atoms with van der Waals surface area (Å²) in [4.78, 5) is 23.6. The van der Waals surface area contributed by atoms with E-state index in [-0.39, 0.29) is 5.91 Å². The largest absolute Gasteiger partial charge is 0.550 e. The molecular formula is C18H22NO3-. The Hall–Kier alpha value is -2.10. The summed E-state index contributed by atoms with van der Waals surface area (Å²) < 4.78 is 0. The van der Waals surface area contributed by atoms with Crippen LogP contribution in [0.25, 0.3) is 0 Å². The van der Waals surface area contributed by atoms with Crippen LogP contribution in [0.4, 0.5) is 0 Å². The van der Waals surface area contributed by atoms with E-state index < -0.39 is 17.8 Å². The molecule has 22 heavy (non-hydrogen) atoms. The lowest BCUT2D eigenvalue weighted by Crippen LogP contribution is -2.45. The predicted molar refractivity (Wildman–Crippen MR) is 82.8 cm³/mol. The van der Waals surface area contributed by atoms with Crippen LogP contribution in [0.5, 0.6) is 0 Å². The van der Waals surface area contributed by atoms with Gasteiger partial charge in [0.2, 0.25) is 5.91 Å². The number of aliphatic carboxylic acids is 1. The normalized spacial score (nSPS) is 21.5.